The Kier molecular flexibility index (Phi) is 7.53. The number of rotatable bonds is 8. The van der Waals surface area contributed by atoms with Crippen molar-refractivity contribution in [2.75, 3.05) is 17.7 Å². The van der Waals surface area contributed by atoms with Crippen LogP contribution in [0.5, 0.6) is 0 Å². The van der Waals surface area contributed by atoms with Crippen LogP contribution < -0.4 is 10.6 Å². The summed E-state index contributed by atoms with van der Waals surface area (Å²) in [5.74, 6) is -3.84. The van der Waals surface area contributed by atoms with Gasteiger partial charge in [0.15, 0.2) is 0 Å². The molecule has 0 spiro atoms. The Bertz CT molecular complexity index is 1320. The summed E-state index contributed by atoms with van der Waals surface area (Å²) in [4.78, 5) is 50.2. The topological polar surface area (TPSA) is 133 Å². The van der Waals surface area contributed by atoms with E-state index in [4.69, 9.17) is 11.6 Å². The van der Waals surface area contributed by atoms with Gasteiger partial charge in [-0.05, 0) is 48.7 Å². The van der Waals surface area contributed by atoms with E-state index in [0.717, 1.165) is 23.3 Å². The van der Waals surface area contributed by atoms with Crippen LogP contribution in [0.3, 0.4) is 0 Å². The average molecular weight is 483 g/mol. The summed E-state index contributed by atoms with van der Waals surface area (Å²) in [5, 5.41) is 24.7. The van der Waals surface area contributed by atoms with Crippen LogP contribution in [0.25, 0.3) is 10.8 Å². The molecule has 0 atom stereocenters. The van der Waals surface area contributed by atoms with E-state index in [1.807, 2.05) is 32.0 Å². The Morgan fingerprint density at radius 1 is 0.824 bits per heavy atom. The molecule has 0 heterocycles. The van der Waals surface area contributed by atoms with E-state index in [9.17, 15) is 29.4 Å². The Balaban J connectivity index is 2.31. The van der Waals surface area contributed by atoms with Gasteiger partial charge in [-0.15, -0.1) is 11.6 Å². The van der Waals surface area contributed by atoms with Crippen LogP contribution in [0.15, 0.2) is 42.5 Å². The fraction of sp³-hybridized carbons (Fsp3) is 0.200. The minimum absolute atomic E-state index is 0.0605. The summed E-state index contributed by atoms with van der Waals surface area (Å²) in [5.41, 5.74) is 1.59. The smallest absolute Gasteiger partial charge is 0.336 e. The summed E-state index contributed by atoms with van der Waals surface area (Å²) in [7, 11) is 0. The van der Waals surface area contributed by atoms with E-state index in [1.165, 1.54) is 12.1 Å². The Morgan fingerprint density at radius 2 is 1.35 bits per heavy atom. The SMILES string of the molecule is CCc1cccc(C)c1NC(=O)c1ccc(C(=O)NCCCl)c2c(C(=O)O)ccc(C(=O)O)c12. The molecule has 4 N–H and O–H groups in total. The van der Waals surface area contributed by atoms with Crippen LogP contribution in [-0.4, -0.2) is 46.4 Å². The number of carboxylic acids is 2. The third-order valence-corrected chi connectivity index (χ3v) is 5.66. The normalized spacial score (nSPS) is 10.7. The number of aromatic carboxylic acids is 2. The lowest BCUT2D eigenvalue weighted by atomic mass is 9.90. The highest BCUT2D eigenvalue weighted by atomic mass is 35.5. The van der Waals surface area contributed by atoms with Crippen LogP contribution in [0.1, 0.15) is 59.5 Å². The number of aryl methyl sites for hydroxylation is 2. The number of carbonyl (C=O) groups excluding carboxylic acids is 2. The molecule has 0 saturated heterocycles. The molecule has 0 aliphatic heterocycles. The van der Waals surface area contributed by atoms with E-state index in [-0.39, 0.29) is 45.5 Å². The molecule has 0 aliphatic rings. The summed E-state index contributed by atoms with van der Waals surface area (Å²) in [6.45, 7) is 3.90. The van der Waals surface area contributed by atoms with Crippen molar-refractivity contribution in [3.63, 3.8) is 0 Å². The molecule has 3 aromatic rings. The summed E-state index contributed by atoms with van der Waals surface area (Å²) in [6.07, 6.45) is 0.654. The standard InChI is InChI=1S/C25H23ClN2O6/c1-3-14-6-4-5-13(2)21(14)28-23(30)16-8-7-15(22(29)27-12-11-26)19-17(24(31)32)9-10-18(20(16)19)25(33)34/h4-10H,3,11-12H2,1-2H3,(H,27,29)(H,28,30)(H,31,32)(H,33,34). The third kappa shape index (κ3) is 4.72. The molecule has 0 saturated carbocycles. The van der Waals surface area contributed by atoms with Gasteiger partial charge in [0, 0.05) is 40.0 Å². The van der Waals surface area contributed by atoms with E-state index in [1.54, 1.807) is 0 Å². The van der Waals surface area contributed by atoms with Crippen molar-refractivity contribution >= 4 is 51.8 Å². The van der Waals surface area contributed by atoms with Gasteiger partial charge in [-0.2, -0.15) is 0 Å². The number of fused-ring (bicyclic) bond motifs is 1. The highest BCUT2D eigenvalue weighted by Crippen LogP contribution is 2.32. The second kappa shape index (κ2) is 10.4. The van der Waals surface area contributed by atoms with Gasteiger partial charge in [0.2, 0.25) is 0 Å². The van der Waals surface area contributed by atoms with Gasteiger partial charge in [0.25, 0.3) is 11.8 Å². The van der Waals surface area contributed by atoms with Crippen LogP contribution in [0.4, 0.5) is 5.69 Å². The van der Waals surface area contributed by atoms with Gasteiger partial charge in [-0.1, -0.05) is 25.1 Å². The number of anilines is 1. The Hall–Kier alpha value is -3.91. The van der Waals surface area contributed by atoms with Crippen molar-refractivity contribution in [1.82, 2.24) is 5.32 Å². The van der Waals surface area contributed by atoms with Gasteiger partial charge in [-0.25, -0.2) is 9.59 Å². The zero-order valence-corrected chi connectivity index (χ0v) is 19.3. The summed E-state index contributed by atoms with van der Waals surface area (Å²) >= 11 is 5.64. The predicted octanol–water partition coefficient (Wildman–Crippen LogP) is 4.33. The van der Waals surface area contributed by atoms with Gasteiger partial charge in [-0.3, -0.25) is 9.59 Å². The molecule has 0 bridgehead atoms. The fourth-order valence-electron chi connectivity index (χ4n) is 3.87. The molecule has 2 amide bonds. The van der Waals surface area contributed by atoms with E-state index in [2.05, 4.69) is 10.6 Å². The van der Waals surface area contributed by atoms with Crippen molar-refractivity contribution < 1.29 is 29.4 Å². The first-order valence-corrected chi connectivity index (χ1v) is 11.0. The zero-order valence-electron chi connectivity index (χ0n) is 18.6. The maximum Gasteiger partial charge on any atom is 0.336 e. The molecule has 34 heavy (non-hydrogen) atoms. The number of carboxylic acid groups (broad SMARTS) is 2. The third-order valence-electron chi connectivity index (χ3n) is 5.47. The minimum atomic E-state index is -1.36. The molecule has 8 nitrogen and oxygen atoms in total. The minimum Gasteiger partial charge on any atom is -0.478 e. The summed E-state index contributed by atoms with van der Waals surface area (Å²) < 4.78 is 0. The van der Waals surface area contributed by atoms with Crippen molar-refractivity contribution in [3.8, 4) is 0 Å². The van der Waals surface area contributed by atoms with Gasteiger partial charge < -0.3 is 20.8 Å². The lowest BCUT2D eigenvalue weighted by Gasteiger charge is -2.17. The molecule has 9 heteroatoms. The van der Waals surface area contributed by atoms with Crippen molar-refractivity contribution in [2.45, 2.75) is 20.3 Å². The molecule has 3 aromatic carbocycles. The highest BCUT2D eigenvalue weighted by Gasteiger charge is 2.26. The quantitative estimate of drug-likeness (QED) is 0.353. The number of nitrogens with one attached hydrogen (secondary N) is 2. The van der Waals surface area contributed by atoms with E-state index < -0.39 is 23.8 Å². The first-order chi connectivity index (χ1) is 16.2. The molecular weight excluding hydrogens is 460 g/mol. The Morgan fingerprint density at radius 3 is 1.85 bits per heavy atom. The fourth-order valence-corrected chi connectivity index (χ4v) is 3.96. The first kappa shape index (κ1) is 24.7. The highest BCUT2D eigenvalue weighted by molar-refractivity contribution is 6.25. The molecule has 0 aliphatic carbocycles. The number of hydrogen-bond acceptors (Lipinski definition) is 4. The molecule has 0 fully saturated rings. The van der Waals surface area contributed by atoms with E-state index in [0.29, 0.717) is 12.1 Å². The number of benzene rings is 3. The lowest BCUT2D eigenvalue weighted by Crippen LogP contribution is -2.26. The molecule has 176 valence electrons. The second-order valence-corrected chi connectivity index (χ2v) is 7.92. The number of para-hydroxylation sites is 1. The number of halogens is 1. The number of alkyl halides is 1. The van der Waals surface area contributed by atoms with Gasteiger partial charge >= 0.3 is 11.9 Å². The van der Waals surface area contributed by atoms with Crippen molar-refractivity contribution in [3.05, 3.63) is 75.8 Å². The maximum absolute atomic E-state index is 13.4. The molecule has 0 aromatic heterocycles. The largest absolute Gasteiger partial charge is 0.478 e. The van der Waals surface area contributed by atoms with Crippen LogP contribution in [0, 0.1) is 6.92 Å². The predicted molar refractivity (Wildman–Crippen MR) is 129 cm³/mol. The Labute approximate surface area is 200 Å². The van der Waals surface area contributed by atoms with Crippen LogP contribution >= 0.6 is 11.6 Å². The number of amides is 2. The molecule has 0 radical (unpaired) electrons. The number of hydrogen-bond donors (Lipinski definition) is 4. The monoisotopic (exact) mass is 482 g/mol. The van der Waals surface area contributed by atoms with Gasteiger partial charge in [0.1, 0.15) is 0 Å². The molecular formula is C25H23ClN2O6. The lowest BCUT2D eigenvalue weighted by molar-refractivity contribution is 0.0684. The van der Waals surface area contributed by atoms with Crippen molar-refractivity contribution in [2.24, 2.45) is 0 Å². The zero-order chi connectivity index (χ0) is 25.0. The average Bonchev–Trinajstić information content (AvgIpc) is 2.81. The summed E-state index contributed by atoms with van der Waals surface area (Å²) in [6, 6.07) is 10.5. The van der Waals surface area contributed by atoms with Crippen LogP contribution in [0.2, 0.25) is 0 Å². The van der Waals surface area contributed by atoms with Crippen molar-refractivity contribution in [1.29, 1.82) is 0 Å². The van der Waals surface area contributed by atoms with Crippen LogP contribution in [-0.2, 0) is 6.42 Å². The molecule has 3 rings (SSSR count). The number of carbonyl (C=O) groups is 4. The van der Waals surface area contributed by atoms with Gasteiger partial charge in [0.05, 0.1) is 11.1 Å². The maximum atomic E-state index is 13.4. The molecule has 0 unspecified atom stereocenters. The first-order valence-electron chi connectivity index (χ1n) is 10.5. The second-order valence-electron chi connectivity index (χ2n) is 7.54. The van der Waals surface area contributed by atoms with E-state index >= 15 is 0 Å².